The van der Waals surface area contributed by atoms with Crippen LogP contribution in [0, 0.1) is 0 Å². The molecule has 24 heavy (non-hydrogen) atoms. The van der Waals surface area contributed by atoms with E-state index in [9.17, 15) is 0 Å². The number of hydrogen-bond donors (Lipinski definition) is 1. The zero-order chi connectivity index (χ0) is 17.2. The number of aromatic nitrogens is 4. The molecule has 0 amide bonds. The zero-order valence-electron chi connectivity index (χ0n) is 14.8. The van der Waals surface area contributed by atoms with Crippen LogP contribution in [0.5, 0.6) is 0 Å². The number of hydrogen-bond acceptors (Lipinski definition) is 3. The Kier molecular flexibility index (Phi) is 4.42. The Bertz CT molecular complexity index is 793. The van der Waals surface area contributed by atoms with E-state index in [1.807, 2.05) is 33.8 Å². The molecule has 2 aromatic heterocycles. The third-order valence-corrected chi connectivity index (χ3v) is 3.96. The van der Waals surface area contributed by atoms with Gasteiger partial charge in [0.25, 0.3) is 0 Å². The molecule has 5 nitrogen and oxygen atoms in total. The Balaban J connectivity index is 1.89. The summed E-state index contributed by atoms with van der Waals surface area (Å²) in [4.78, 5) is 0. The highest BCUT2D eigenvalue weighted by atomic mass is 15.3. The molecule has 1 aromatic carbocycles. The summed E-state index contributed by atoms with van der Waals surface area (Å²) < 4.78 is 3.91. The van der Waals surface area contributed by atoms with Crippen LogP contribution in [0.1, 0.15) is 39.0 Å². The minimum atomic E-state index is 0.00353. The van der Waals surface area contributed by atoms with E-state index in [1.54, 1.807) is 0 Å². The SMILES string of the molecule is CCn1cc(CNc2cc(C(C)(C)C)nn2-c2ccccc2)cn1. The lowest BCUT2D eigenvalue weighted by molar-refractivity contribution is 0.560. The van der Waals surface area contributed by atoms with Gasteiger partial charge in [0.15, 0.2) is 0 Å². The van der Waals surface area contributed by atoms with Crippen LogP contribution in [0.15, 0.2) is 48.8 Å². The van der Waals surface area contributed by atoms with E-state index in [2.05, 4.69) is 62.5 Å². The average Bonchev–Trinajstić information content (AvgIpc) is 3.20. The van der Waals surface area contributed by atoms with E-state index < -0.39 is 0 Å². The van der Waals surface area contributed by atoms with Crippen molar-refractivity contribution in [1.29, 1.82) is 0 Å². The Labute approximate surface area is 143 Å². The molecule has 126 valence electrons. The third kappa shape index (κ3) is 3.50. The molecule has 0 aliphatic rings. The molecule has 1 N–H and O–H groups in total. The number of nitrogens with one attached hydrogen (secondary N) is 1. The average molecular weight is 323 g/mol. The van der Waals surface area contributed by atoms with Crippen molar-refractivity contribution in [2.45, 2.75) is 46.2 Å². The molecular weight excluding hydrogens is 298 g/mol. The van der Waals surface area contributed by atoms with Crippen molar-refractivity contribution < 1.29 is 0 Å². The fraction of sp³-hybridized carbons (Fsp3) is 0.368. The first kappa shape index (κ1) is 16.3. The van der Waals surface area contributed by atoms with Crippen LogP contribution in [0.3, 0.4) is 0 Å². The van der Waals surface area contributed by atoms with E-state index in [1.165, 1.54) is 0 Å². The van der Waals surface area contributed by atoms with Crippen molar-refractivity contribution in [2.24, 2.45) is 0 Å². The number of rotatable bonds is 5. The number of aryl methyl sites for hydroxylation is 1. The normalized spacial score (nSPS) is 11.7. The van der Waals surface area contributed by atoms with E-state index in [4.69, 9.17) is 5.10 Å². The molecule has 0 atom stereocenters. The molecule has 0 saturated heterocycles. The highest BCUT2D eigenvalue weighted by molar-refractivity contribution is 5.47. The number of para-hydroxylation sites is 1. The Morgan fingerprint density at radius 3 is 2.50 bits per heavy atom. The summed E-state index contributed by atoms with van der Waals surface area (Å²) in [5.74, 6) is 0.996. The Hall–Kier alpha value is -2.56. The second kappa shape index (κ2) is 6.51. The van der Waals surface area contributed by atoms with Gasteiger partial charge in [-0.3, -0.25) is 4.68 Å². The summed E-state index contributed by atoms with van der Waals surface area (Å²) in [6.07, 6.45) is 3.98. The van der Waals surface area contributed by atoms with Gasteiger partial charge in [0.05, 0.1) is 17.6 Å². The molecular formula is C19H25N5. The van der Waals surface area contributed by atoms with E-state index in [0.717, 1.165) is 35.9 Å². The van der Waals surface area contributed by atoms with Crippen LogP contribution in [0.25, 0.3) is 5.69 Å². The Morgan fingerprint density at radius 2 is 1.88 bits per heavy atom. The lowest BCUT2D eigenvalue weighted by Crippen LogP contribution is -2.12. The van der Waals surface area contributed by atoms with Gasteiger partial charge in [-0.15, -0.1) is 0 Å². The molecule has 0 saturated carbocycles. The van der Waals surface area contributed by atoms with Crippen LogP contribution in [-0.4, -0.2) is 19.6 Å². The molecule has 0 spiro atoms. The van der Waals surface area contributed by atoms with Crippen LogP contribution >= 0.6 is 0 Å². The zero-order valence-corrected chi connectivity index (χ0v) is 14.8. The van der Waals surface area contributed by atoms with Gasteiger partial charge in [0, 0.05) is 36.3 Å². The maximum atomic E-state index is 4.82. The van der Waals surface area contributed by atoms with Gasteiger partial charge >= 0.3 is 0 Å². The molecule has 0 bridgehead atoms. The van der Waals surface area contributed by atoms with Gasteiger partial charge in [-0.1, -0.05) is 39.0 Å². The predicted molar refractivity (Wildman–Crippen MR) is 97.5 cm³/mol. The van der Waals surface area contributed by atoms with Crippen molar-refractivity contribution >= 4 is 5.82 Å². The summed E-state index contributed by atoms with van der Waals surface area (Å²) in [6, 6.07) is 12.4. The summed E-state index contributed by atoms with van der Waals surface area (Å²) >= 11 is 0. The van der Waals surface area contributed by atoms with Crippen LogP contribution in [-0.2, 0) is 18.5 Å². The largest absolute Gasteiger partial charge is 0.366 e. The molecule has 3 rings (SSSR count). The summed E-state index contributed by atoms with van der Waals surface area (Å²) in [5, 5.41) is 12.7. The number of benzene rings is 1. The van der Waals surface area contributed by atoms with Crippen LogP contribution in [0.4, 0.5) is 5.82 Å². The number of anilines is 1. The van der Waals surface area contributed by atoms with E-state index in [0.29, 0.717) is 0 Å². The van der Waals surface area contributed by atoms with Crippen molar-refractivity contribution in [2.75, 3.05) is 5.32 Å². The van der Waals surface area contributed by atoms with Crippen LogP contribution in [0.2, 0.25) is 0 Å². The molecule has 3 aromatic rings. The lowest BCUT2D eigenvalue weighted by atomic mass is 9.92. The smallest absolute Gasteiger partial charge is 0.130 e. The molecule has 2 heterocycles. The van der Waals surface area contributed by atoms with Gasteiger partial charge in [-0.05, 0) is 19.1 Å². The fourth-order valence-electron chi connectivity index (χ4n) is 2.50. The maximum Gasteiger partial charge on any atom is 0.130 e. The lowest BCUT2D eigenvalue weighted by Gasteiger charge is -2.14. The first-order valence-electron chi connectivity index (χ1n) is 8.38. The van der Waals surface area contributed by atoms with Gasteiger partial charge in [-0.25, -0.2) is 4.68 Å². The van der Waals surface area contributed by atoms with Crippen molar-refractivity contribution in [3.8, 4) is 5.69 Å². The molecule has 0 fully saturated rings. The quantitative estimate of drug-likeness (QED) is 0.772. The number of nitrogens with zero attached hydrogens (tertiary/aromatic N) is 4. The maximum absolute atomic E-state index is 4.82. The minimum Gasteiger partial charge on any atom is -0.366 e. The monoisotopic (exact) mass is 323 g/mol. The summed E-state index contributed by atoms with van der Waals surface area (Å²) in [5.41, 5.74) is 3.29. The Morgan fingerprint density at radius 1 is 1.12 bits per heavy atom. The molecule has 0 aliphatic carbocycles. The second-order valence-electron chi connectivity index (χ2n) is 6.97. The highest BCUT2D eigenvalue weighted by Crippen LogP contribution is 2.26. The van der Waals surface area contributed by atoms with E-state index in [-0.39, 0.29) is 5.41 Å². The van der Waals surface area contributed by atoms with Crippen molar-refractivity contribution in [1.82, 2.24) is 19.6 Å². The van der Waals surface area contributed by atoms with Gasteiger partial charge in [0.2, 0.25) is 0 Å². The molecule has 0 aliphatic heterocycles. The van der Waals surface area contributed by atoms with Crippen LogP contribution < -0.4 is 5.32 Å². The fourth-order valence-corrected chi connectivity index (χ4v) is 2.50. The van der Waals surface area contributed by atoms with Gasteiger partial charge in [-0.2, -0.15) is 10.2 Å². The minimum absolute atomic E-state index is 0.00353. The van der Waals surface area contributed by atoms with Crippen molar-refractivity contribution in [3.63, 3.8) is 0 Å². The van der Waals surface area contributed by atoms with Crippen molar-refractivity contribution in [3.05, 3.63) is 60.0 Å². The molecule has 0 radical (unpaired) electrons. The third-order valence-electron chi connectivity index (χ3n) is 3.96. The first-order chi connectivity index (χ1) is 11.5. The summed E-state index contributed by atoms with van der Waals surface area (Å²) in [7, 11) is 0. The molecule has 5 heteroatoms. The van der Waals surface area contributed by atoms with E-state index >= 15 is 0 Å². The first-order valence-corrected chi connectivity index (χ1v) is 8.38. The predicted octanol–water partition coefficient (Wildman–Crippen LogP) is 4.00. The summed E-state index contributed by atoms with van der Waals surface area (Å²) in [6.45, 7) is 10.2. The van der Waals surface area contributed by atoms with Gasteiger partial charge in [0.1, 0.15) is 5.82 Å². The standard InChI is InChI=1S/C19H25N5/c1-5-23-14-15(13-21-23)12-20-18-11-17(19(2,3)4)22-24(18)16-9-7-6-8-10-16/h6-11,13-14,20H,5,12H2,1-4H3. The highest BCUT2D eigenvalue weighted by Gasteiger charge is 2.20. The molecule has 0 unspecified atom stereocenters. The topological polar surface area (TPSA) is 47.7 Å². The second-order valence-corrected chi connectivity index (χ2v) is 6.97. The van der Waals surface area contributed by atoms with Gasteiger partial charge < -0.3 is 5.32 Å².